The zero-order chi connectivity index (χ0) is 16.1. The second kappa shape index (κ2) is 7.74. The Bertz CT molecular complexity index is 529. The Morgan fingerprint density at radius 3 is 2.50 bits per heavy atom. The average molecular weight is 369 g/mol. The van der Waals surface area contributed by atoms with Gasteiger partial charge in [-0.25, -0.2) is 0 Å². The maximum absolute atomic E-state index is 12.4. The summed E-state index contributed by atoms with van der Waals surface area (Å²) in [6.07, 6.45) is 0.125. The van der Waals surface area contributed by atoms with Crippen LogP contribution in [0, 0.1) is 11.8 Å². The zero-order valence-electron chi connectivity index (χ0n) is 12.8. The van der Waals surface area contributed by atoms with Crippen LogP contribution in [0.1, 0.15) is 24.9 Å². The molecule has 2 atom stereocenters. The van der Waals surface area contributed by atoms with Crippen LogP contribution in [0.15, 0.2) is 28.7 Å². The van der Waals surface area contributed by atoms with Gasteiger partial charge in [-0.3, -0.25) is 9.59 Å². The molecule has 2 unspecified atom stereocenters. The smallest absolute Gasteiger partial charge is 0.307 e. The summed E-state index contributed by atoms with van der Waals surface area (Å²) in [5, 5.41) is 6.15. The summed E-state index contributed by atoms with van der Waals surface area (Å²) >= 11 is 3.38. The number of rotatable bonds is 6. The summed E-state index contributed by atoms with van der Waals surface area (Å²) in [7, 11) is 1.35. The van der Waals surface area contributed by atoms with Crippen LogP contribution in [0.4, 0.5) is 0 Å². The minimum absolute atomic E-state index is 0.0247. The molecule has 0 aromatic heterocycles. The topological polar surface area (TPSA) is 67.4 Å². The zero-order valence-corrected chi connectivity index (χ0v) is 14.4. The van der Waals surface area contributed by atoms with E-state index in [1.807, 2.05) is 31.2 Å². The van der Waals surface area contributed by atoms with E-state index in [0.717, 1.165) is 23.1 Å². The molecule has 1 aromatic carbocycles. The van der Waals surface area contributed by atoms with Crippen LogP contribution >= 0.6 is 15.9 Å². The summed E-state index contributed by atoms with van der Waals surface area (Å²) in [6.45, 7) is 3.67. The number of carbonyl (C=O) groups excluding carboxylic acids is 2. The highest BCUT2D eigenvalue weighted by Crippen LogP contribution is 2.22. The highest BCUT2D eigenvalue weighted by Gasteiger charge is 2.30. The van der Waals surface area contributed by atoms with E-state index >= 15 is 0 Å². The molecular formula is C16H21BrN2O3. The number of methoxy groups -OCH3 is 1. The van der Waals surface area contributed by atoms with E-state index in [4.69, 9.17) is 4.74 Å². The molecule has 5 nitrogen and oxygen atoms in total. The van der Waals surface area contributed by atoms with Crippen LogP contribution in [-0.4, -0.2) is 32.1 Å². The standard InChI is InChI=1S/C16H21BrN2O3/c1-10(12-8-18-9-12)16(21)19-14(7-15(20)22-2)11-3-5-13(17)6-4-11/h3-6,10,12,14,18H,7-9H2,1-2H3,(H,19,21). The number of carbonyl (C=O) groups is 2. The number of hydrogen-bond acceptors (Lipinski definition) is 4. The van der Waals surface area contributed by atoms with Crippen molar-refractivity contribution < 1.29 is 14.3 Å². The highest BCUT2D eigenvalue weighted by atomic mass is 79.9. The Morgan fingerprint density at radius 1 is 1.36 bits per heavy atom. The molecular weight excluding hydrogens is 348 g/mol. The van der Waals surface area contributed by atoms with Gasteiger partial charge in [0.2, 0.25) is 5.91 Å². The van der Waals surface area contributed by atoms with Crippen LogP contribution in [0.5, 0.6) is 0 Å². The van der Waals surface area contributed by atoms with E-state index in [1.165, 1.54) is 7.11 Å². The number of benzene rings is 1. The fourth-order valence-electron chi connectivity index (χ4n) is 2.38. The molecule has 0 spiro atoms. The van der Waals surface area contributed by atoms with E-state index in [0.29, 0.717) is 5.92 Å². The third kappa shape index (κ3) is 4.30. The first-order valence-electron chi connectivity index (χ1n) is 7.34. The Labute approximate surface area is 138 Å². The van der Waals surface area contributed by atoms with Gasteiger partial charge in [0.1, 0.15) is 0 Å². The quantitative estimate of drug-likeness (QED) is 0.753. The molecule has 1 fully saturated rings. The van der Waals surface area contributed by atoms with Gasteiger partial charge in [-0.2, -0.15) is 0 Å². The van der Waals surface area contributed by atoms with E-state index in [-0.39, 0.29) is 30.3 Å². The van der Waals surface area contributed by atoms with Gasteiger partial charge in [0.05, 0.1) is 19.6 Å². The van der Waals surface area contributed by atoms with Crippen molar-refractivity contribution in [3.05, 3.63) is 34.3 Å². The second-order valence-electron chi connectivity index (χ2n) is 5.60. The van der Waals surface area contributed by atoms with Gasteiger partial charge in [0.15, 0.2) is 0 Å². The Hall–Kier alpha value is -1.40. The monoisotopic (exact) mass is 368 g/mol. The third-order valence-electron chi connectivity index (χ3n) is 4.12. The molecule has 6 heteroatoms. The van der Waals surface area contributed by atoms with Crippen molar-refractivity contribution in [3.8, 4) is 0 Å². The lowest BCUT2D eigenvalue weighted by atomic mass is 9.88. The first-order valence-corrected chi connectivity index (χ1v) is 8.14. The summed E-state index contributed by atoms with van der Waals surface area (Å²) in [4.78, 5) is 24.0. The number of amides is 1. The summed E-state index contributed by atoms with van der Waals surface area (Å²) in [6, 6.07) is 7.21. The molecule has 1 aromatic rings. The van der Waals surface area contributed by atoms with Gasteiger partial charge in [0, 0.05) is 10.4 Å². The van der Waals surface area contributed by atoms with Crippen LogP contribution in [-0.2, 0) is 14.3 Å². The van der Waals surface area contributed by atoms with Crippen molar-refractivity contribution in [3.63, 3.8) is 0 Å². The normalized spacial score (nSPS) is 17.2. The summed E-state index contributed by atoms with van der Waals surface area (Å²) in [5.41, 5.74) is 0.890. The number of hydrogen-bond donors (Lipinski definition) is 2. The highest BCUT2D eigenvalue weighted by molar-refractivity contribution is 9.10. The fraction of sp³-hybridized carbons (Fsp3) is 0.500. The molecule has 1 aliphatic rings. The Balaban J connectivity index is 2.07. The molecule has 1 amide bonds. The molecule has 0 aliphatic carbocycles. The SMILES string of the molecule is COC(=O)CC(NC(=O)C(C)C1CNC1)c1ccc(Br)cc1. The van der Waals surface area contributed by atoms with Crippen LogP contribution in [0.3, 0.4) is 0 Å². The van der Waals surface area contributed by atoms with Crippen molar-refractivity contribution in [2.75, 3.05) is 20.2 Å². The number of ether oxygens (including phenoxy) is 1. The number of halogens is 1. The molecule has 1 saturated heterocycles. The maximum atomic E-state index is 12.4. The first kappa shape index (κ1) is 17.0. The van der Waals surface area contributed by atoms with Gasteiger partial charge in [-0.05, 0) is 36.7 Å². The Morgan fingerprint density at radius 2 is 2.00 bits per heavy atom. The van der Waals surface area contributed by atoms with Crippen molar-refractivity contribution in [2.24, 2.45) is 11.8 Å². The molecule has 120 valence electrons. The maximum Gasteiger partial charge on any atom is 0.307 e. The molecule has 0 bridgehead atoms. The lowest BCUT2D eigenvalue weighted by Gasteiger charge is -2.32. The molecule has 0 saturated carbocycles. The molecule has 0 radical (unpaired) electrons. The van der Waals surface area contributed by atoms with Gasteiger partial charge < -0.3 is 15.4 Å². The third-order valence-corrected chi connectivity index (χ3v) is 4.65. The molecule has 22 heavy (non-hydrogen) atoms. The largest absolute Gasteiger partial charge is 0.469 e. The van der Waals surface area contributed by atoms with E-state index < -0.39 is 0 Å². The van der Waals surface area contributed by atoms with E-state index in [9.17, 15) is 9.59 Å². The minimum atomic E-state index is -0.372. The van der Waals surface area contributed by atoms with Crippen molar-refractivity contribution in [1.29, 1.82) is 0 Å². The lowest BCUT2D eigenvalue weighted by molar-refractivity contribution is -0.141. The molecule has 1 aliphatic heterocycles. The van der Waals surface area contributed by atoms with Gasteiger partial charge >= 0.3 is 5.97 Å². The van der Waals surface area contributed by atoms with Gasteiger partial charge in [0.25, 0.3) is 0 Å². The molecule has 1 heterocycles. The van der Waals surface area contributed by atoms with Crippen molar-refractivity contribution in [1.82, 2.24) is 10.6 Å². The van der Waals surface area contributed by atoms with Crippen LogP contribution in [0.2, 0.25) is 0 Å². The minimum Gasteiger partial charge on any atom is -0.469 e. The van der Waals surface area contributed by atoms with Crippen molar-refractivity contribution >= 4 is 27.8 Å². The van der Waals surface area contributed by atoms with Crippen LogP contribution < -0.4 is 10.6 Å². The van der Waals surface area contributed by atoms with Crippen molar-refractivity contribution in [2.45, 2.75) is 19.4 Å². The van der Waals surface area contributed by atoms with Gasteiger partial charge in [-0.1, -0.05) is 35.0 Å². The van der Waals surface area contributed by atoms with E-state index in [1.54, 1.807) is 0 Å². The molecule has 2 rings (SSSR count). The van der Waals surface area contributed by atoms with Crippen LogP contribution in [0.25, 0.3) is 0 Å². The van der Waals surface area contributed by atoms with E-state index in [2.05, 4.69) is 26.6 Å². The number of esters is 1. The predicted octanol–water partition coefficient (Wildman–Crippen LogP) is 2.03. The second-order valence-corrected chi connectivity index (χ2v) is 6.52. The average Bonchev–Trinajstić information content (AvgIpc) is 2.45. The number of nitrogens with one attached hydrogen (secondary N) is 2. The summed E-state index contributed by atoms with van der Waals surface area (Å²) < 4.78 is 5.69. The Kier molecular flexibility index (Phi) is 5.97. The lowest BCUT2D eigenvalue weighted by Crippen LogP contribution is -2.50. The van der Waals surface area contributed by atoms with Gasteiger partial charge in [-0.15, -0.1) is 0 Å². The molecule has 2 N–H and O–H groups in total. The fourth-order valence-corrected chi connectivity index (χ4v) is 2.64. The first-order chi connectivity index (χ1) is 10.5. The predicted molar refractivity (Wildman–Crippen MR) is 87.2 cm³/mol. The summed E-state index contributed by atoms with van der Waals surface area (Å²) in [5.74, 6) is -0.0740.